The van der Waals surface area contributed by atoms with Crippen LogP contribution in [0, 0.1) is 0 Å². The van der Waals surface area contributed by atoms with Crippen LogP contribution in [0.15, 0.2) is 33.9 Å². The van der Waals surface area contributed by atoms with Crippen LogP contribution in [-0.2, 0) is 27.7 Å². The Hall–Kier alpha value is -3.03. The zero-order valence-corrected chi connectivity index (χ0v) is 14.0. The van der Waals surface area contributed by atoms with E-state index in [-0.39, 0.29) is 5.56 Å². The van der Waals surface area contributed by atoms with Gasteiger partial charge in [-0.15, -0.1) is 0 Å². The lowest BCUT2D eigenvalue weighted by molar-refractivity contribution is -0.652. The average Bonchev–Trinajstić information content (AvgIpc) is 2.93. The average molecular weight is 331 g/mol. The molecule has 0 spiro atoms. The first-order valence-electron chi connectivity index (χ1n) is 7.37. The Bertz CT molecular complexity index is 1010. The van der Waals surface area contributed by atoms with Gasteiger partial charge in [0.2, 0.25) is 0 Å². The molecule has 0 fully saturated rings. The summed E-state index contributed by atoms with van der Waals surface area (Å²) in [6.07, 6.45) is 0. The lowest BCUT2D eigenvalue weighted by Crippen LogP contribution is -2.42. The molecule has 0 unspecified atom stereocenters. The van der Waals surface area contributed by atoms with Crippen molar-refractivity contribution in [2.75, 3.05) is 7.11 Å². The summed E-state index contributed by atoms with van der Waals surface area (Å²) in [6.45, 7) is 0.318. The first-order valence-corrected chi connectivity index (χ1v) is 7.37. The number of methoxy groups -OCH3 is 1. The van der Waals surface area contributed by atoms with Gasteiger partial charge in [0, 0.05) is 14.1 Å². The van der Waals surface area contributed by atoms with E-state index < -0.39 is 5.69 Å². The smallest absolute Gasteiger partial charge is 0.456 e. The molecule has 0 bridgehead atoms. The van der Waals surface area contributed by atoms with E-state index in [1.54, 1.807) is 25.8 Å². The number of benzene rings is 1. The predicted octanol–water partition coefficient (Wildman–Crippen LogP) is -0.0226. The van der Waals surface area contributed by atoms with Crippen LogP contribution in [0.25, 0.3) is 11.2 Å². The maximum absolute atomic E-state index is 12.3. The number of ether oxygens (including phenoxy) is 2. The maximum atomic E-state index is 12.3. The molecule has 2 heterocycles. The topological polar surface area (TPSA) is 82.1 Å². The zero-order chi connectivity index (χ0) is 17.4. The summed E-state index contributed by atoms with van der Waals surface area (Å²) in [6, 6.07) is 7.90. The third-order valence-corrected chi connectivity index (χ3v) is 4.04. The van der Waals surface area contributed by atoms with Crippen molar-refractivity contribution in [2.24, 2.45) is 21.1 Å². The fourth-order valence-electron chi connectivity index (χ4n) is 2.56. The standard InChI is InChI=1S/C16H18N4O4/c1-18-12-13(19(2)16(22)20(3)14(12)21)17-15(18)24-9-10-5-7-11(23-4)8-6-10/h5-8H,9H2,1-4H3/p+1. The van der Waals surface area contributed by atoms with Gasteiger partial charge in [0.05, 0.1) is 14.2 Å². The highest BCUT2D eigenvalue weighted by atomic mass is 16.5. The molecule has 0 aliphatic heterocycles. The number of nitrogens with zero attached hydrogens (tertiary/aromatic N) is 3. The molecular formula is C16H19N4O4+. The van der Waals surface area contributed by atoms with Gasteiger partial charge in [-0.2, -0.15) is 9.55 Å². The Balaban J connectivity index is 1.97. The molecule has 3 rings (SSSR count). The van der Waals surface area contributed by atoms with Gasteiger partial charge in [0.15, 0.2) is 0 Å². The molecule has 0 atom stereocenters. The van der Waals surface area contributed by atoms with Gasteiger partial charge in [-0.3, -0.25) is 13.9 Å². The summed E-state index contributed by atoms with van der Waals surface area (Å²) in [7, 11) is 6.39. The summed E-state index contributed by atoms with van der Waals surface area (Å²) < 4.78 is 15.0. The van der Waals surface area contributed by atoms with Gasteiger partial charge in [-0.05, 0) is 17.7 Å². The number of aromatic amines is 1. The molecule has 0 saturated heterocycles. The predicted molar refractivity (Wildman–Crippen MR) is 87.3 cm³/mol. The fourth-order valence-corrected chi connectivity index (χ4v) is 2.56. The Morgan fingerprint density at radius 1 is 1.12 bits per heavy atom. The van der Waals surface area contributed by atoms with Crippen LogP contribution in [0.1, 0.15) is 5.56 Å². The summed E-state index contributed by atoms with van der Waals surface area (Å²) in [5.41, 5.74) is 0.998. The van der Waals surface area contributed by atoms with Gasteiger partial charge in [-0.25, -0.2) is 4.79 Å². The van der Waals surface area contributed by atoms with Crippen LogP contribution < -0.4 is 25.3 Å². The van der Waals surface area contributed by atoms with Crippen LogP contribution in [0.2, 0.25) is 0 Å². The van der Waals surface area contributed by atoms with Gasteiger partial charge in [0.25, 0.3) is 11.2 Å². The number of H-pyrrole nitrogens is 1. The molecule has 3 aromatic rings. The highest BCUT2D eigenvalue weighted by Crippen LogP contribution is 2.14. The summed E-state index contributed by atoms with van der Waals surface area (Å²) in [5, 5.41) is 0. The minimum atomic E-state index is -0.393. The normalized spacial score (nSPS) is 11.0. The van der Waals surface area contributed by atoms with Gasteiger partial charge < -0.3 is 9.47 Å². The van der Waals surface area contributed by atoms with Gasteiger partial charge >= 0.3 is 17.3 Å². The number of hydrogen-bond donors (Lipinski definition) is 1. The molecule has 24 heavy (non-hydrogen) atoms. The molecule has 1 aromatic carbocycles. The number of nitrogens with one attached hydrogen (secondary N) is 1. The number of aromatic nitrogens is 4. The molecule has 0 amide bonds. The van der Waals surface area contributed by atoms with Crippen LogP contribution in [0.3, 0.4) is 0 Å². The van der Waals surface area contributed by atoms with Crippen LogP contribution >= 0.6 is 0 Å². The van der Waals surface area contributed by atoms with E-state index in [0.29, 0.717) is 23.8 Å². The number of aryl methyl sites for hydroxylation is 2. The maximum Gasteiger partial charge on any atom is 0.456 e. The van der Waals surface area contributed by atoms with E-state index in [9.17, 15) is 9.59 Å². The minimum absolute atomic E-state index is 0.318. The second-order valence-corrected chi connectivity index (χ2v) is 5.53. The van der Waals surface area contributed by atoms with Crippen LogP contribution in [-0.4, -0.2) is 21.2 Å². The van der Waals surface area contributed by atoms with Crippen molar-refractivity contribution in [2.45, 2.75) is 6.61 Å². The first kappa shape index (κ1) is 15.9. The van der Waals surface area contributed by atoms with E-state index in [4.69, 9.17) is 9.47 Å². The number of rotatable bonds is 4. The molecule has 8 heteroatoms. The minimum Gasteiger partial charge on any atom is -0.497 e. The Kier molecular flexibility index (Phi) is 3.88. The quantitative estimate of drug-likeness (QED) is 0.681. The van der Waals surface area contributed by atoms with Crippen molar-refractivity contribution in [3.05, 3.63) is 50.7 Å². The van der Waals surface area contributed by atoms with Crippen LogP contribution in [0.5, 0.6) is 11.8 Å². The number of hydrogen-bond acceptors (Lipinski definition) is 4. The lowest BCUT2D eigenvalue weighted by atomic mass is 10.2. The van der Waals surface area contributed by atoms with Crippen molar-refractivity contribution in [3.8, 4) is 11.8 Å². The summed E-state index contributed by atoms with van der Waals surface area (Å²) in [5.74, 6) is 0.772. The van der Waals surface area contributed by atoms with E-state index >= 15 is 0 Å². The van der Waals surface area contributed by atoms with Gasteiger partial charge in [-0.1, -0.05) is 12.1 Å². The first-order chi connectivity index (χ1) is 11.4. The third-order valence-electron chi connectivity index (χ3n) is 4.04. The summed E-state index contributed by atoms with van der Waals surface area (Å²) >= 11 is 0. The van der Waals surface area contributed by atoms with Crippen LogP contribution in [0.4, 0.5) is 0 Å². The Morgan fingerprint density at radius 3 is 2.42 bits per heavy atom. The van der Waals surface area contributed by atoms with E-state index in [2.05, 4.69) is 4.98 Å². The zero-order valence-electron chi connectivity index (χ0n) is 14.0. The van der Waals surface area contributed by atoms with E-state index in [1.807, 2.05) is 24.3 Å². The van der Waals surface area contributed by atoms with E-state index in [1.165, 1.54) is 11.6 Å². The van der Waals surface area contributed by atoms with Crippen molar-refractivity contribution in [1.82, 2.24) is 14.1 Å². The Labute approximate surface area is 137 Å². The molecule has 1 N–H and O–H groups in total. The van der Waals surface area contributed by atoms with Gasteiger partial charge in [0.1, 0.15) is 12.4 Å². The second kappa shape index (κ2) is 5.88. The van der Waals surface area contributed by atoms with Crippen molar-refractivity contribution < 1.29 is 14.0 Å². The molecule has 0 aliphatic carbocycles. The lowest BCUT2D eigenvalue weighted by Gasteiger charge is -2.03. The highest BCUT2D eigenvalue weighted by molar-refractivity contribution is 5.65. The molecule has 2 aromatic heterocycles. The van der Waals surface area contributed by atoms with Crippen molar-refractivity contribution >= 4 is 11.2 Å². The SMILES string of the molecule is COc1ccc(COc2[nH]c3c(c(=O)n(C)c(=O)n3C)[n+]2C)cc1. The number of imidazole rings is 1. The third kappa shape index (κ3) is 2.45. The Morgan fingerprint density at radius 2 is 1.79 bits per heavy atom. The molecule has 0 saturated carbocycles. The largest absolute Gasteiger partial charge is 0.497 e. The molecule has 8 nitrogen and oxygen atoms in total. The van der Waals surface area contributed by atoms with E-state index in [0.717, 1.165) is 15.9 Å². The number of fused-ring (bicyclic) bond motifs is 1. The molecule has 126 valence electrons. The molecule has 0 aliphatic rings. The van der Waals surface area contributed by atoms with Crippen molar-refractivity contribution in [1.29, 1.82) is 0 Å². The fraction of sp³-hybridized carbons (Fsp3) is 0.312. The monoisotopic (exact) mass is 331 g/mol. The summed E-state index contributed by atoms with van der Waals surface area (Å²) in [4.78, 5) is 27.3. The molecular weight excluding hydrogens is 312 g/mol. The highest BCUT2D eigenvalue weighted by Gasteiger charge is 2.24. The van der Waals surface area contributed by atoms with Crippen molar-refractivity contribution in [3.63, 3.8) is 0 Å². The second-order valence-electron chi connectivity index (χ2n) is 5.53. The molecule has 0 radical (unpaired) electrons.